The van der Waals surface area contributed by atoms with E-state index in [4.69, 9.17) is 0 Å². The van der Waals surface area contributed by atoms with Crippen molar-refractivity contribution in [1.82, 2.24) is 4.57 Å². The normalized spacial score (nSPS) is 11.2. The van der Waals surface area contributed by atoms with E-state index in [1.807, 2.05) is 0 Å². The predicted octanol–water partition coefficient (Wildman–Crippen LogP) is 14.2. The van der Waals surface area contributed by atoms with Crippen LogP contribution in [0.5, 0.6) is 0 Å². The van der Waals surface area contributed by atoms with Crippen LogP contribution in [-0.4, -0.2) is 4.57 Å². The fourth-order valence-electron chi connectivity index (χ4n) is 7.25. The second-order valence-corrected chi connectivity index (χ2v) is 13.7. The van der Waals surface area contributed by atoms with Crippen LogP contribution in [-0.2, 0) is 0 Å². The largest absolute Gasteiger partial charge is 0.310 e. The van der Waals surface area contributed by atoms with Gasteiger partial charge < -0.3 is 14.4 Å². The summed E-state index contributed by atoms with van der Waals surface area (Å²) in [6.07, 6.45) is 0. The van der Waals surface area contributed by atoms with Gasteiger partial charge in [0.25, 0.3) is 0 Å². The Morgan fingerprint density at radius 3 is 1.42 bits per heavy atom. The molecule has 52 heavy (non-hydrogen) atoms. The van der Waals surface area contributed by atoms with Gasteiger partial charge in [0.05, 0.1) is 11.0 Å². The third-order valence-corrected chi connectivity index (χ3v) is 10.0. The number of hydrogen-bond donors (Lipinski definition) is 0. The van der Waals surface area contributed by atoms with Gasteiger partial charge in [0.2, 0.25) is 0 Å². The first kappa shape index (κ1) is 31.6. The molecule has 0 aliphatic carbocycles. The summed E-state index contributed by atoms with van der Waals surface area (Å²) < 4.78 is 3.36. The fourth-order valence-corrected chi connectivity index (χ4v) is 7.72. The number of para-hydroxylation sites is 4. The predicted molar refractivity (Wildman–Crippen MR) is 223 cm³/mol. The molecule has 0 fully saturated rings. The molecule has 0 bridgehead atoms. The highest BCUT2D eigenvalue weighted by Gasteiger charge is 2.20. The van der Waals surface area contributed by atoms with Gasteiger partial charge in [-0.15, -0.1) is 0 Å². The first-order valence-corrected chi connectivity index (χ1v) is 18.3. The maximum atomic E-state index is 3.93. The van der Waals surface area contributed by atoms with Crippen LogP contribution < -0.4 is 9.80 Å². The Morgan fingerprint density at radius 1 is 0.327 bits per heavy atom. The minimum atomic E-state index is 0.988. The van der Waals surface area contributed by atoms with E-state index in [2.05, 4.69) is 237 Å². The average Bonchev–Trinajstić information content (AvgIpc) is 3.53. The molecule has 4 heteroatoms. The van der Waals surface area contributed by atoms with Gasteiger partial charge in [-0.1, -0.05) is 137 Å². The average molecular weight is 733 g/mol. The van der Waals surface area contributed by atoms with Gasteiger partial charge in [-0.2, -0.15) is 0 Å². The van der Waals surface area contributed by atoms with Crippen LogP contribution in [0.15, 0.2) is 211 Å². The molecule has 9 rings (SSSR count). The lowest BCUT2D eigenvalue weighted by atomic mass is 10.0. The third-order valence-electron chi connectivity index (χ3n) is 9.58. The van der Waals surface area contributed by atoms with Crippen molar-refractivity contribution in [1.29, 1.82) is 0 Å². The van der Waals surface area contributed by atoms with Crippen LogP contribution in [0.1, 0.15) is 0 Å². The van der Waals surface area contributed by atoms with E-state index in [1.165, 1.54) is 27.4 Å². The second kappa shape index (κ2) is 13.7. The molecular formula is C48H34BrN3. The molecule has 248 valence electrons. The van der Waals surface area contributed by atoms with E-state index < -0.39 is 0 Å². The maximum absolute atomic E-state index is 3.93. The van der Waals surface area contributed by atoms with E-state index in [0.29, 0.717) is 0 Å². The molecule has 0 spiro atoms. The van der Waals surface area contributed by atoms with Crippen LogP contribution in [0.4, 0.5) is 34.1 Å². The number of nitrogens with zero attached hydrogens (tertiary/aromatic N) is 3. The molecule has 0 amide bonds. The molecular weight excluding hydrogens is 698 g/mol. The van der Waals surface area contributed by atoms with Crippen LogP contribution in [0.2, 0.25) is 0 Å². The Hall–Kier alpha value is -6.36. The Kier molecular flexibility index (Phi) is 8.36. The first-order chi connectivity index (χ1) is 25.7. The minimum absolute atomic E-state index is 0.988. The molecule has 8 aromatic carbocycles. The molecule has 0 saturated carbocycles. The van der Waals surface area contributed by atoms with Gasteiger partial charge in [-0.3, -0.25) is 0 Å². The molecule has 9 aromatic rings. The summed E-state index contributed by atoms with van der Waals surface area (Å²) >= 11 is 3.93. The smallest absolute Gasteiger partial charge is 0.0561 e. The number of anilines is 6. The van der Waals surface area contributed by atoms with E-state index in [1.54, 1.807) is 0 Å². The highest BCUT2D eigenvalue weighted by atomic mass is 79.9. The van der Waals surface area contributed by atoms with Gasteiger partial charge in [0.1, 0.15) is 0 Å². The lowest BCUT2D eigenvalue weighted by molar-refractivity contribution is 1.18. The monoisotopic (exact) mass is 731 g/mol. The summed E-state index contributed by atoms with van der Waals surface area (Å²) in [6.45, 7) is 0. The Labute approximate surface area is 312 Å². The van der Waals surface area contributed by atoms with Crippen molar-refractivity contribution in [2.75, 3.05) is 9.80 Å². The molecule has 0 N–H and O–H groups in total. The summed E-state index contributed by atoms with van der Waals surface area (Å²) in [7, 11) is 0. The first-order valence-electron chi connectivity index (χ1n) is 17.5. The molecule has 1 aromatic heterocycles. The highest BCUT2D eigenvalue weighted by Crippen LogP contribution is 2.44. The number of aromatic nitrogens is 1. The standard InChI is InChI=1S/C48H34BrN3/c49-37-31-43(50(38-17-7-2-8-18-38)41-27-25-36(26-28-41)35-15-5-1-6-16-35)33-44(32-37)51(39-19-9-3-10-20-39)42-29-30-46-45-23-13-14-24-47(45)52(48(46)34-42)40-21-11-4-12-22-40/h1-34H. The van der Waals surface area contributed by atoms with Crippen LogP contribution >= 0.6 is 15.9 Å². The van der Waals surface area contributed by atoms with E-state index in [9.17, 15) is 0 Å². The van der Waals surface area contributed by atoms with Gasteiger partial charge >= 0.3 is 0 Å². The van der Waals surface area contributed by atoms with Crippen LogP contribution in [0.3, 0.4) is 0 Å². The topological polar surface area (TPSA) is 11.4 Å². The van der Waals surface area contributed by atoms with E-state index >= 15 is 0 Å². The fraction of sp³-hybridized carbons (Fsp3) is 0. The summed E-state index contributed by atoms with van der Waals surface area (Å²) in [6, 6.07) is 73.4. The van der Waals surface area contributed by atoms with Crippen molar-refractivity contribution in [2.24, 2.45) is 0 Å². The SMILES string of the molecule is Brc1cc(N(c2ccccc2)c2ccc(-c3ccccc3)cc2)cc(N(c2ccccc2)c2ccc3c4ccccc4n(-c4ccccc4)c3c2)c1. The van der Waals surface area contributed by atoms with Crippen molar-refractivity contribution < 1.29 is 0 Å². The zero-order chi connectivity index (χ0) is 34.9. The zero-order valence-corrected chi connectivity index (χ0v) is 29.9. The van der Waals surface area contributed by atoms with Crippen molar-refractivity contribution >= 4 is 71.9 Å². The van der Waals surface area contributed by atoms with Gasteiger partial charge in [-0.25, -0.2) is 0 Å². The van der Waals surface area contributed by atoms with Crippen LogP contribution in [0.25, 0.3) is 38.6 Å². The summed E-state index contributed by atoms with van der Waals surface area (Å²) in [5.41, 5.74) is 12.3. The van der Waals surface area contributed by atoms with Crippen molar-refractivity contribution in [2.45, 2.75) is 0 Å². The number of benzene rings is 8. The van der Waals surface area contributed by atoms with Gasteiger partial charge in [-0.05, 0) is 96.1 Å². The number of fused-ring (bicyclic) bond motifs is 3. The molecule has 1 heterocycles. The van der Waals surface area contributed by atoms with Crippen molar-refractivity contribution in [3.63, 3.8) is 0 Å². The van der Waals surface area contributed by atoms with Crippen molar-refractivity contribution in [3.8, 4) is 16.8 Å². The van der Waals surface area contributed by atoms with Crippen molar-refractivity contribution in [3.05, 3.63) is 211 Å². The summed E-state index contributed by atoms with van der Waals surface area (Å²) in [4.78, 5) is 4.67. The molecule has 0 atom stereocenters. The van der Waals surface area contributed by atoms with Gasteiger partial charge in [0, 0.05) is 55.1 Å². The Bertz CT molecular complexity index is 2620. The van der Waals surface area contributed by atoms with E-state index in [-0.39, 0.29) is 0 Å². The molecule has 0 radical (unpaired) electrons. The number of rotatable bonds is 8. The second-order valence-electron chi connectivity index (χ2n) is 12.8. The Morgan fingerprint density at radius 2 is 0.788 bits per heavy atom. The van der Waals surface area contributed by atoms with E-state index in [0.717, 1.165) is 49.8 Å². The lowest BCUT2D eigenvalue weighted by Gasteiger charge is -2.30. The molecule has 0 aliphatic heterocycles. The lowest BCUT2D eigenvalue weighted by Crippen LogP contribution is -2.13. The molecule has 3 nitrogen and oxygen atoms in total. The minimum Gasteiger partial charge on any atom is -0.310 e. The maximum Gasteiger partial charge on any atom is 0.0561 e. The number of hydrogen-bond acceptors (Lipinski definition) is 2. The highest BCUT2D eigenvalue weighted by molar-refractivity contribution is 9.10. The summed E-state index contributed by atoms with van der Waals surface area (Å²) in [5, 5.41) is 2.46. The number of halogens is 1. The summed E-state index contributed by atoms with van der Waals surface area (Å²) in [5.74, 6) is 0. The zero-order valence-electron chi connectivity index (χ0n) is 28.3. The molecule has 0 unspecified atom stereocenters. The third kappa shape index (κ3) is 5.93. The molecule has 0 saturated heterocycles. The van der Waals surface area contributed by atoms with Gasteiger partial charge in [0.15, 0.2) is 0 Å². The Balaban J connectivity index is 1.22. The quantitative estimate of drug-likeness (QED) is 0.154. The van der Waals surface area contributed by atoms with Crippen LogP contribution in [0, 0.1) is 0 Å². The molecule has 0 aliphatic rings.